The van der Waals surface area contributed by atoms with Gasteiger partial charge in [-0.15, -0.1) is 11.3 Å². The maximum Gasteiger partial charge on any atom is 0.123 e. The van der Waals surface area contributed by atoms with Crippen molar-refractivity contribution in [2.75, 3.05) is 0 Å². The summed E-state index contributed by atoms with van der Waals surface area (Å²) in [6.45, 7) is 4.96. The van der Waals surface area contributed by atoms with Crippen molar-refractivity contribution < 1.29 is 9.50 Å². The molecule has 0 radical (unpaired) electrons. The summed E-state index contributed by atoms with van der Waals surface area (Å²) in [5.74, 6) is -0.278. The standard InChI is InChI=1S/C16H20FNOS/c1-11(18-10-15-8-3-12(2)20-15)9-16(19)13-4-6-14(17)7-5-13/h3-8,11,16,18-19H,9-10H2,1-2H3. The van der Waals surface area contributed by atoms with Crippen LogP contribution in [0.1, 0.15) is 34.8 Å². The lowest BCUT2D eigenvalue weighted by Gasteiger charge is -2.18. The molecule has 0 amide bonds. The lowest BCUT2D eigenvalue weighted by atomic mass is 10.0. The van der Waals surface area contributed by atoms with E-state index in [4.69, 9.17) is 0 Å². The van der Waals surface area contributed by atoms with Crippen molar-refractivity contribution in [3.05, 3.63) is 57.5 Å². The molecular weight excluding hydrogens is 273 g/mol. The summed E-state index contributed by atoms with van der Waals surface area (Å²) in [7, 11) is 0. The molecule has 1 heterocycles. The summed E-state index contributed by atoms with van der Waals surface area (Å²) in [5, 5.41) is 13.5. The Hall–Kier alpha value is -1.23. The average Bonchev–Trinajstić information content (AvgIpc) is 2.83. The van der Waals surface area contributed by atoms with E-state index in [0.717, 1.165) is 12.1 Å². The molecule has 20 heavy (non-hydrogen) atoms. The number of benzene rings is 1. The molecular formula is C16H20FNOS. The minimum Gasteiger partial charge on any atom is -0.388 e. The first-order valence-electron chi connectivity index (χ1n) is 6.77. The van der Waals surface area contributed by atoms with Gasteiger partial charge in [0.15, 0.2) is 0 Å². The molecule has 0 saturated carbocycles. The Morgan fingerprint density at radius 2 is 1.90 bits per heavy atom. The van der Waals surface area contributed by atoms with Gasteiger partial charge in [0.1, 0.15) is 5.82 Å². The lowest BCUT2D eigenvalue weighted by molar-refractivity contribution is 0.154. The molecule has 2 rings (SSSR count). The third kappa shape index (κ3) is 4.40. The summed E-state index contributed by atoms with van der Waals surface area (Å²) < 4.78 is 12.8. The Morgan fingerprint density at radius 3 is 2.50 bits per heavy atom. The molecule has 0 bridgehead atoms. The van der Waals surface area contributed by atoms with Gasteiger partial charge in [-0.25, -0.2) is 4.39 Å². The van der Waals surface area contributed by atoms with E-state index < -0.39 is 6.10 Å². The van der Waals surface area contributed by atoms with Crippen LogP contribution >= 0.6 is 11.3 Å². The molecule has 1 aromatic carbocycles. The van der Waals surface area contributed by atoms with Crippen LogP contribution in [-0.2, 0) is 6.54 Å². The van der Waals surface area contributed by atoms with Crippen molar-refractivity contribution in [1.82, 2.24) is 5.32 Å². The highest BCUT2D eigenvalue weighted by Gasteiger charge is 2.12. The van der Waals surface area contributed by atoms with Gasteiger partial charge >= 0.3 is 0 Å². The van der Waals surface area contributed by atoms with Gasteiger partial charge in [0.05, 0.1) is 6.10 Å². The fourth-order valence-electron chi connectivity index (χ4n) is 2.09. The fraction of sp³-hybridized carbons (Fsp3) is 0.375. The van der Waals surface area contributed by atoms with Crippen LogP contribution in [0.2, 0.25) is 0 Å². The molecule has 2 N–H and O–H groups in total. The maximum absolute atomic E-state index is 12.8. The number of hydrogen-bond acceptors (Lipinski definition) is 3. The molecule has 2 nitrogen and oxygen atoms in total. The summed E-state index contributed by atoms with van der Waals surface area (Å²) in [4.78, 5) is 2.60. The van der Waals surface area contributed by atoms with Crippen molar-refractivity contribution in [3.8, 4) is 0 Å². The third-order valence-corrected chi connectivity index (χ3v) is 4.25. The molecule has 4 heteroatoms. The van der Waals surface area contributed by atoms with Crippen LogP contribution in [-0.4, -0.2) is 11.1 Å². The SMILES string of the molecule is Cc1ccc(CNC(C)CC(O)c2ccc(F)cc2)s1. The lowest BCUT2D eigenvalue weighted by Crippen LogP contribution is -2.27. The summed E-state index contributed by atoms with van der Waals surface area (Å²) in [6, 6.07) is 10.5. The van der Waals surface area contributed by atoms with E-state index in [1.165, 1.54) is 21.9 Å². The van der Waals surface area contributed by atoms with E-state index in [0.29, 0.717) is 6.42 Å². The maximum atomic E-state index is 12.8. The number of thiophene rings is 1. The second-order valence-corrected chi connectivity index (χ2v) is 6.47. The monoisotopic (exact) mass is 293 g/mol. The van der Waals surface area contributed by atoms with E-state index in [1.54, 1.807) is 23.5 Å². The first-order valence-corrected chi connectivity index (χ1v) is 7.58. The predicted octanol–water partition coefficient (Wildman–Crippen LogP) is 3.80. The Labute approximate surface area is 123 Å². The number of halogens is 1. The van der Waals surface area contributed by atoms with Crippen molar-refractivity contribution in [1.29, 1.82) is 0 Å². The molecule has 0 spiro atoms. The molecule has 2 unspecified atom stereocenters. The van der Waals surface area contributed by atoms with Gasteiger partial charge in [0, 0.05) is 22.3 Å². The normalized spacial score (nSPS) is 14.2. The second kappa shape index (κ2) is 6.97. The van der Waals surface area contributed by atoms with E-state index in [1.807, 2.05) is 6.92 Å². The molecule has 108 valence electrons. The van der Waals surface area contributed by atoms with Gasteiger partial charge in [-0.3, -0.25) is 0 Å². The zero-order chi connectivity index (χ0) is 14.5. The smallest absolute Gasteiger partial charge is 0.123 e. The van der Waals surface area contributed by atoms with E-state index >= 15 is 0 Å². The number of aryl methyl sites for hydroxylation is 1. The summed E-state index contributed by atoms with van der Waals surface area (Å²) in [6.07, 6.45) is 0.0406. The first-order chi connectivity index (χ1) is 9.54. The molecule has 1 aromatic heterocycles. The quantitative estimate of drug-likeness (QED) is 0.849. The number of rotatable bonds is 6. The topological polar surface area (TPSA) is 32.3 Å². The van der Waals surface area contributed by atoms with E-state index in [2.05, 4.69) is 24.4 Å². The van der Waals surface area contributed by atoms with Gasteiger partial charge in [0.25, 0.3) is 0 Å². The number of nitrogens with one attached hydrogen (secondary N) is 1. The van der Waals surface area contributed by atoms with Crippen LogP contribution in [0.15, 0.2) is 36.4 Å². The summed E-state index contributed by atoms with van der Waals surface area (Å²) in [5.41, 5.74) is 0.756. The second-order valence-electron chi connectivity index (χ2n) is 5.10. The molecule has 2 atom stereocenters. The minimum atomic E-state index is -0.567. The molecule has 0 aliphatic rings. The Kier molecular flexibility index (Phi) is 5.29. The van der Waals surface area contributed by atoms with Gasteiger partial charge in [0.2, 0.25) is 0 Å². The van der Waals surface area contributed by atoms with Crippen molar-refractivity contribution in [2.24, 2.45) is 0 Å². The van der Waals surface area contributed by atoms with Crippen LogP contribution in [0.5, 0.6) is 0 Å². The average molecular weight is 293 g/mol. The van der Waals surface area contributed by atoms with Crippen molar-refractivity contribution in [3.63, 3.8) is 0 Å². The van der Waals surface area contributed by atoms with Gasteiger partial charge in [-0.2, -0.15) is 0 Å². The molecule has 0 fully saturated rings. The number of aliphatic hydroxyl groups is 1. The summed E-state index contributed by atoms with van der Waals surface area (Å²) >= 11 is 1.78. The third-order valence-electron chi connectivity index (χ3n) is 3.25. The van der Waals surface area contributed by atoms with Crippen molar-refractivity contribution >= 4 is 11.3 Å². The molecule has 0 saturated heterocycles. The van der Waals surface area contributed by atoms with Gasteiger partial charge < -0.3 is 10.4 Å². The zero-order valence-electron chi connectivity index (χ0n) is 11.8. The molecule has 0 aliphatic carbocycles. The highest BCUT2D eigenvalue weighted by atomic mass is 32.1. The van der Waals surface area contributed by atoms with Gasteiger partial charge in [-0.05, 0) is 50.1 Å². The van der Waals surface area contributed by atoms with E-state index in [9.17, 15) is 9.50 Å². The minimum absolute atomic E-state index is 0.192. The molecule has 2 aromatic rings. The van der Waals surface area contributed by atoms with E-state index in [-0.39, 0.29) is 11.9 Å². The number of hydrogen-bond donors (Lipinski definition) is 2. The highest BCUT2D eigenvalue weighted by molar-refractivity contribution is 7.11. The van der Waals surface area contributed by atoms with Crippen LogP contribution in [0.25, 0.3) is 0 Å². The highest BCUT2D eigenvalue weighted by Crippen LogP contribution is 2.19. The fourth-order valence-corrected chi connectivity index (χ4v) is 2.94. The van der Waals surface area contributed by atoms with Crippen LogP contribution < -0.4 is 5.32 Å². The largest absolute Gasteiger partial charge is 0.388 e. The zero-order valence-corrected chi connectivity index (χ0v) is 12.6. The molecule has 0 aliphatic heterocycles. The Bertz CT molecular complexity index is 538. The van der Waals surface area contributed by atoms with Crippen molar-refractivity contribution in [2.45, 2.75) is 39.0 Å². The van der Waals surface area contributed by atoms with Crippen LogP contribution in [0.4, 0.5) is 4.39 Å². The first kappa shape index (κ1) is 15.2. The number of aliphatic hydroxyl groups excluding tert-OH is 1. The van der Waals surface area contributed by atoms with Crippen LogP contribution in [0, 0.1) is 12.7 Å². The predicted molar refractivity (Wildman–Crippen MR) is 81.3 cm³/mol. The Morgan fingerprint density at radius 1 is 1.20 bits per heavy atom. The Balaban J connectivity index is 1.81. The van der Waals surface area contributed by atoms with Gasteiger partial charge in [-0.1, -0.05) is 12.1 Å². The van der Waals surface area contributed by atoms with Crippen LogP contribution in [0.3, 0.4) is 0 Å².